The van der Waals surface area contributed by atoms with Gasteiger partial charge in [-0.3, -0.25) is 20.4 Å². The van der Waals surface area contributed by atoms with Gasteiger partial charge in [0.15, 0.2) is 6.61 Å². The minimum atomic E-state index is -4.20. The summed E-state index contributed by atoms with van der Waals surface area (Å²) in [6, 6.07) is 23.2. The van der Waals surface area contributed by atoms with Crippen molar-refractivity contribution < 1.29 is 47.0 Å². The largest absolute Gasteiger partial charge is 0.491 e. The molecular formula is C37H33Cl3N8O11S. The number of halogens is 3. The monoisotopic (exact) mass is 902 g/mol. The zero-order valence-electron chi connectivity index (χ0n) is 31.2. The number of aromatic nitrogens is 4. The number of carbonyl (C=O) groups is 2. The zero-order valence-corrected chi connectivity index (χ0v) is 34.3. The van der Waals surface area contributed by atoms with Gasteiger partial charge in [0.25, 0.3) is 15.7 Å². The number of pyridine rings is 1. The second kappa shape index (κ2) is 21.9. The van der Waals surface area contributed by atoms with Crippen LogP contribution in [0.4, 0.5) is 22.1 Å². The number of fused-ring (bicyclic) bond motifs is 1. The van der Waals surface area contributed by atoms with Gasteiger partial charge in [-0.25, -0.2) is 22.7 Å². The number of nitrogens with one attached hydrogen (secondary N) is 2. The molecule has 0 unspecified atom stereocenters. The number of amides is 2. The van der Waals surface area contributed by atoms with E-state index in [2.05, 4.69) is 25.3 Å². The van der Waals surface area contributed by atoms with Crippen LogP contribution in [0.3, 0.4) is 0 Å². The molecule has 0 aliphatic rings. The number of rotatable bonds is 13. The van der Waals surface area contributed by atoms with Crippen molar-refractivity contribution in [2.24, 2.45) is 0 Å². The second-order valence-corrected chi connectivity index (χ2v) is 14.2. The molecule has 4 aromatic carbocycles. The number of nitrogens with zero attached hydrogens (tertiary/aromatic N) is 5. The fraction of sp³-hybridized carbons (Fsp3) is 0.135. The molecule has 0 spiro atoms. The van der Waals surface area contributed by atoms with E-state index in [0.29, 0.717) is 22.0 Å². The number of carboxylic acids is 1. The quantitative estimate of drug-likeness (QED) is 0.0383. The summed E-state index contributed by atoms with van der Waals surface area (Å²) in [5.41, 5.74) is 5.81. The lowest BCUT2D eigenvalue weighted by molar-refractivity contribution is -0.383. The van der Waals surface area contributed by atoms with Gasteiger partial charge in [-0.15, -0.1) is 11.6 Å². The van der Waals surface area contributed by atoms with E-state index in [1.807, 2.05) is 10.8 Å². The molecule has 2 aromatic heterocycles. The highest BCUT2D eigenvalue weighted by Crippen LogP contribution is 2.39. The number of hydrogen-bond acceptors (Lipinski definition) is 15. The lowest BCUT2D eigenvalue weighted by atomic mass is 10.2. The van der Waals surface area contributed by atoms with Crippen molar-refractivity contribution in [1.82, 2.24) is 24.7 Å². The van der Waals surface area contributed by atoms with E-state index in [1.54, 1.807) is 67.7 Å². The minimum absolute atomic E-state index is 0.0181. The van der Waals surface area contributed by atoms with Gasteiger partial charge in [0.2, 0.25) is 5.95 Å². The number of nitrogen functional groups attached to an aromatic ring is 1. The van der Waals surface area contributed by atoms with Crippen LogP contribution in [0, 0.1) is 17.0 Å². The first-order valence-corrected chi connectivity index (χ1v) is 19.6. The number of alkyl halides is 1. The minimum Gasteiger partial charge on any atom is -0.491 e. The number of ether oxygens (including phenoxy) is 4. The lowest BCUT2D eigenvalue weighted by Crippen LogP contribution is -2.35. The van der Waals surface area contributed by atoms with E-state index in [9.17, 15) is 28.1 Å². The maximum atomic E-state index is 12.4. The number of carbonyl (C=O) groups excluding carboxylic acids is 1. The van der Waals surface area contributed by atoms with E-state index in [0.717, 1.165) is 5.39 Å². The Morgan fingerprint density at radius 3 is 2.28 bits per heavy atom. The Labute approximate surface area is 356 Å². The van der Waals surface area contributed by atoms with Crippen LogP contribution in [0.15, 0.2) is 102 Å². The molecule has 0 saturated heterocycles. The number of nitro benzene ring substituents is 1. The van der Waals surface area contributed by atoms with Crippen LogP contribution in [0.2, 0.25) is 10.0 Å². The van der Waals surface area contributed by atoms with Gasteiger partial charge >= 0.3 is 18.0 Å². The number of carboxylic acid groups (broad SMARTS) is 1. The highest BCUT2D eigenvalue weighted by atomic mass is 35.5. The number of benzene rings is 4. The molecule has 2 heterocycles. The molecule has 6 rings (SSSR count). The van der Waals surface area contributed by atoms with Gasteiger partial charge in [0.1, 0.15) is 56.6 Å². The molecule has 0 atom stereocenters. The SMILES string of the molecule is COc1nc(C)nc(NC(=O)NS(=O)(=O)c2ccccc2OCCCl)n1.Nc1c([N+](=O)[O-])ccc(Oc2ccccc2)c1Cl.O=C(O)COc1ccc(Cl)c2cccnc12. The molecule has 314 valence electrons. The van der Waals surface area contributed by atoms with E-state index in [1.165, 1.54) is 37.4 Å². The standard InChI is InChI=1S/C14H16ClN5O5S.C12H9ClN2O3.C11H8ClNO3/c1-9-16-12(19-14(17-9)24-2)18-13(21)20-26(22,23)11-6-4-3-5-10(11)25-8-7-15;13-11-10(18-8-4-2-1-3-5-8)7-6-9(12(11)14)15(16)17;12-8-3-4-9(16-6-10(14)15)11-7(8)2-1-5-13-11/h3-6H,7-8H2,1-2H3,(H2,16,17,18,19,20,21);1-7H,14H2;1-5H,6H2,(H,14,15). The molecule has 60 heavy (non-hydrogen) atoms. The first-order valence-electron chi connectivity index (χ1n) is 16.8. The maximum Gasteiger partial charge on any atom is 0.341 e. The Morgan fingerprint density at radius 2 is 1.60 bits per heavy atom. The number of nitro groups is 1. The Balaban J connectivity index is 0.000000206. The highest BCUT2D eigenvalue weighted by Gasteiger charge is 2.23. The topological polar surface area (TPSA) is 270 Å². The molecule has 2 amide bonds. The molecule has 5 N–H and O–H groups in total. The summed E-state index contributed by atoms with van der Waals surface area (Å²) in [7, 11) is -2.85. The molecular weight excluding hydrogens is 871 g/mol. The molecule has 0 radical (unpaired) electrons. The van der Waals surface area contributed by atoms with Gasteiger partial charge < -0.3 is 29.8 Å². The fourth-order valence-electron chi connectivity index (χ4n) is 4.63. The van der Waals surface area contributed by atoms with E-state index < -0.39 is 33.6 Å². The second-order valence-electron chi connectivity index (χ2n) is 11.3. The smallest absolute Gasteiger partial charge is 0.341 e. The Kier molecular flexibility index (Phi) is 16.7. The van der Waals surface area contributed by atoms with Gasteiger partial charge in [0, 0.05) is 17.6 Å². The number of aryl methyl sites for hydroxylation is 1. The maximum absolute atomic E-state index is 12.4. The number of methoxy groups -OCH3 is 1. The Hall–Kier alpha value is -6.74. The number of nitrogens with two attached hydrogens (primary N) is 1. The van der Waals surface area contributed by atoms with Crippen molar-refractivity contribution in [2.75, 3.05) is 37.3 Å². The molecule has 0 saturated carbocycles. The molecule has 0 fully saturated rings. The highest BCUT2D eigenvalue weighted by molar-refractivity contribution is 7.90. The summed E-state index contributed by atoms with van der Waals surface area (Å²) in [5, 5.41) is 22.8. The molecule has 0 bridgehead atoms. The zero-order chi connectivity index (χ0) is 43.8. The Bertz CT molecular complexity index is 2580. The summed E-state index contributed by atoms with van der Waals surface area (Å²) >= 11 is 17.5. The lowest BCUT2D eigenvalue weighted by Gasteiger charge is -2.12. The third-order valence-electron chi connectivity index (χ3n) is 7.15. The molecule has 19 nitrogen and oxygen atoms in total. The van der Waals surface area contributed by atoms with Crippen LogP contribution in [0.25, 0.3) is 10.9 Å². The van der Waals surface area contributed by atoms with Crippen molar-refractivity contribution in [3.05, 3.63) is 123 Å². The summed E-state index contributed by atoms with van der Waals surface area (Å²) in [4.78, 5) is 48.0. The van der Waals surface area contributed by atoms with Crippen LogP contribution in [-0.4, -0.2) is 76.6 Å². The third kappa shape index (κ3) is 13.1. The predicted octanol–water partition coefficient (Wildman–Crippen LogP) is 7.29. The summed E-state index contributed by atoms with van der Waals surface area (Å²) < 4.78 is 47.5. The van der Waals surface area contributed by atoms with Crippen LogP contribution >= 0.6 is 34.8 Å². The normalized spacial score (nSPS) is 10.5. The van der Waals surface area contributed by atoms with E-state index in [-0.39, 0.29) is 63.1 Å². The van der Waals surface area contributed by atoms with Gasteiger partial charge in [-0.2, -0.15) is 15.0 Å². The number of aliphatic carboxylic acids is 1. The molecule has 0 aliphatic carbocycles. The molecule has 23 heteroatoms. The van der Waals surface area contributed by atoms with Gasteiger partial charge in [-0.1, -0.05) is 53.5 Å². The Morgan fingerprint density at radius 1 is 0.900 bits per heavy atom. The molecule has 6 aromatic rings. The van der Waals surface area contributed by atoms with Crippen molar-refractivity contribution in [2.45, 2.75) is 11.8 Å². The first kappa shape index (κ1) is 46.0. The van der Waals surface area contributed by atoms with Crippen LogP contribution in [0.1, 0.15) is 5.82 Å². The number of sulfonamides is 1. The average molecular weight is 904 g/mol. The van der Waals surface area contributed by atoms with Crippen molar-refractivity contribution >= 4 is 85.1 Å². The van der Waals surface area contributed by atoms with Crippen LogP contribution < -0.4 is 34.7 Å². The number of urea groups is 1. The van der Waals surface area contributed by atoms with Gasteiger partial charge in [-0.05, 0) is 61.5 Å². The summed E-state index contributed by atoms with van der Waals surface area (Å²) in [6.45, 7) is 1.28. The first-order chi connectivity index (χ1) is 28.6. The van der Waals surface area contributed by atoms with Crippen molar-refractivity contribution in [1.29, 1.82) is 0 Å². The van der Waals surface area contributed by atoms with E-state index >= 15 is 0 Å². The van der Waals surface area contributed by atoms with E-state index in [4.69, 9.17) is 64.6 Å². The predicted molar refractivity (Wildman–Crippen MR) is 222 cm³/mol. The van der Waals surface area contributed by atoms with Crippen molar-refractivity contribution in [3.63, 3.8) is 0 Å². The fourth-order valence-corrected chi connectivity index (χ4v) is 6.18. The number of hydrogen-bond donors (Lipinski definition) is 4. The third-order valence-corrected chi connectivity index (χ3v) is 9.40. The van der Waals surface area contributed by atoms with Crippen LogP contribution in [0.5, 0.6) is 29.0 Å². The summed E-state index contributed by atoms with van der Waals surface area (Å²) in [6.07, 6.45) is 1.60. The van der Waals surface area contributed by atoms with Crippen molar-refractivity contribution in [3.8, 4) is 29.0 Å². The summed E-state index contributed by atoms with van der Waals surface area (Å²) in [5.74, 6) is 0.637. The van der Waals surface area contributed by atoms with Crippen LogP contribution in [-0.2, 0) is 14.8 Å². The number of anilines is 2. The number of para-hydroxylation sites is 2. The molecule has 0 aliphatic heterocycles. The average Bonchev–Trinajstić information content (AvgIpc) is 3.22. The van der Waals surface area contributed by atoms with Gasteiger partial charge in [0.05, 0.1) is 22.9 Å².